The van der Waals surface area contributed by atoms with E-state index in [9.17, 15) is 0 Å². The van der Waals surface area contributed by atoms with E-state index < -0.39 is 5.41 Å². The number of rotatable bonds is 14. The standard InChI is InChI=1S/C86H82N4/c1-11-65-54-85(65,10)38-39-87(66-23-12-18-55(2)41-66)67-32-36-77-75-35-33-73(90(83-46-60(7)30-31-62(83)9)84-47-61(8)40-63-49-79(63)84)48-64(75)53-86(80(77)50-67)81-51-72(88(68-24-13-19-56(3)42-68)69-25-14-20-57(4)43-69)28-17-29-76(81)78-37-34-74(52-82(78)86)89(70-26-15-21-58(5)44-70)71-27-16-22-59(6)45-71/h11-27,29-30,32-48,50-52,62-63,65,79H,1,28,31,49,53-54H2,2-10H3/b39-38+/t62?,63?,65-,79?,85?,86?/m1/s1. The van der Waals surface area contributed by atoms with Crippen molar-refractivity contribution in [2.24, 2.45) is 29.1 Å². The van der Waals surface area contributed by atoms with Crippen molar-refractivity contribution >= 4 is 51.1 Å². The maximum atomic E-state index is 4.25. The topological polar surface area (TPSA) is 13.0 Å². The molecule has 0 radical (unpaired) electrons. The predicted molar refractivity (Wildman–Crippen MR) is 381 cm³/mol. The lowest BCUT2D eigenvalue weighted by atomic mass is 9.61. The van der Waals surface area contributed by atoms with Gasteiger partial charge in [0.1, 0.15) is 0 Å². The Labute approximate surface area is 534 Å². The van der Waals surface area contributed by atoms with Crippen molar-refractivity contribution in [3.8, 4) is 11.1 Å². The molecule has 15 rings (SSSR count). The van der Waals surface area contributed by atoms with Gasteiger partial charge in [-0.3, -0.25) is 0 Å². The van der Waals surface area contributed by atoms with Crippen molar-refractivity contribution in [3.63, 3.8) is 0 Å². The summed E-state index contributed by atoms with van der Waals surface area (Å²) in [7, 11) is 0. The summed E-state index contributed by atoms with van der Waals surface area (Å²) in [4.78, 5) is 10.2. The fourth-order valence-corrected chi connectivity index (χ4v) is 15.7. The normalized spacial score (nSPS) is 22.4. The smallest absolute Gasteiger partial charge is 0.0512 e. The highest BCUT2D eigenvalue weighted by Gasteiger charge is 2.51. The lowest BCUT2D eigenvalue weighted by Crippen LogP contribution is -2.35. The Kier molecular flexibility index (Phi) is 14.1. The zero-order chi connectivity index (χ0) is 61.7. The Bertz CT molecular complexity index is 4440. The average Bonchev–Trinajstić information content (AvgIpc) is 1.60. The van der Waals surface area contributed by atoms with Gasteiger partial charge in [0.15, 0.2) is 0 Å². The third kappa shape index (κ3) is 10.1. The fraction of sp³-hybridized carbons (Fsp3) is 0.233. The molecule has 2 fully saturated rings. The van der Waals surface area contributed by atoms with Gasteiger partial charge in [-0.1, -0.05) is 140 Å². The summed E-state index contributed by atoms with van der Waals surface area (Å²) in [6.45, 7) is 24.7. The first kappa shape index (κ1) is 57.1. The molecule has 0 N–H and O–H groups in total. The van der Waals surface area contributed by atoms with Crippen LogP contribution in [0.15, 0.2) is 277 Å². The van der Waals surface area contributed by atoms with Crippen molar-refractivity contribution in [3.05, 3.63) is 327 Å². The minimum absolute atomic E-state index is 0.0443. The molecule has 0 aliphatic heterocycles. The van der Waals surface area contributed by atoms with Gasteiger partial charge in [-0.25, -0.2) is 0 Å². The lowest BCUT2D eigenvalue weighted by Gasteiger charge is -2.42. The van der Waals surface area contributed by atoms with Crippen LogP contribution in [0.3, 0.4) is 0 Å². The third-order valence-corrected chi connectivity index (χ3v) is 20.6. The van der Waals surface area contributed by atoms with E-state index in [1.807, 2.05) is 0 Å². The van der Waals surface area contributed by atoms with Crippen LogP contribution in [0.1, 0.15) is 103 Å². The Morgan fingerprint density at radius 3 is 1.67 bits per heavy atom. The molecule has 0 saturated heterocycles. The quantitative estimate of drug-likeness (QED) is 0.101. The molecular weight excluding hydrogens is 1090 g/mol. The predicted octanol–water partition coefficient (Wildman–Crippen LogP) is 22.7. The highest BCUT2D eigenvalue weighted by molar-refractivity contribution is 5.96. The van der Waals surface area contributed by atoms with Crippen molar-refractivity contribution in [1.29, 1.82) is 0 Å². The maximum Gasteiger partial charge on any atom is 0.0512 e. The molecule has 446 valence electrons. The highest BCUT2D eigenvalue weighted by Crippen LogP contribution is 2.62. The lowest BCUT2D eigenvalue weighted by molar-refractivity contribution is 0.615. The van der Waals surface area contributed by atoms with Crippen LogP contribution in [-0.2, 0) is 11.8 Å². The summed E-state index contributed by atoms with van der Waals surface area (Å²) in [6, 6.07) is 67.7. The van der Waals surface area contributed by atoms with Gasteiger partial charge in [0.25, 0.3) is 0 Å². The van der Waals surface area contributed by atoms with Gasteiger partial charge >= 0.3 is 0 Å². The van der Waals surface area contributed by atoms with Gasteiger partial charge in [-0.2, -0.15) is 0 Å². The number of benzene rings is 8. The second kappa shape index (κ2) is 22.3. The van der Waals surface area contributed by atoms with Crippen molar-refractivity contribution < 1.29 is 0 Å². The molecule has 7 aliphatic carbocycles. The van der Waals surface area contributed by atoms with Crippen molar-refractivity contribution in [1.82, 2.24) is 0 Å². The number of anilines is 8. The molecule has 90 heavy (non-hydrogen) atoms. The molecule has 4 nitrogen and oxygen atoms in total. The molecule has 1 spiro atoms. The molecule has 2 saturated carbocycles. The molecule has 0 bridgehead atoms. The summed E-state index contributed by atoms with van der Waals surface area (Å²) in [6.07, 6.45) is 29.2. The van der Waals surface area contributed by atoms with Gasteiger partial charge in [0.2, 0.25) is 0 Å². The zero-order valence-corrected chi connectivity index (χ0v) is 53.9. The SMILES string of the molecule is C=C[C@@H]1CC1(C)/C=C/N(c1cccc(C)c1)c1ccc2c(c1)C1(Cc3cc(N(C4=CC(C)=CCC4C)C4=CC(C)=CC5CC45)ccc3-2)C2=C(C=CCC(N(c3cccc(C)c3)c3cccc(C)c3)=C2)c2ccc(N(c3cccc(C)c3)c3cccc(C)c3)cc21. The van der Waals surface area contributed by atoms with E-state index in [4.69, 9.17) is 0 Å². The van der Waals surface area contributed by atoms with Crippen LogP contribution in [-0.4, -0.2) is 0 Å². The minimum atomic E-state index is -0.696. The van der Waals surface area contributed by atoms with Crippen LogP contribution in [0.2, 0.25) is 0 Å². The van der Waals surface area contributed by atoms with E-state index in [2.05, 4.69) is 325 Å². The number of fused-ring (bicyclic) bond motifs is 9. The van der Waals surface area contributed by atoms with E-state index in [1.165, 1.54) is 113 Å². The summed E-state index contributed by atoms with van der Waals surface area (Å²) < 4.78 is 0. The minimum Gasteiger partial charge on any atom is -0.317 e. The summed E-state index contributed by atoms with van der Waals surface area (Å²) >= 11 is 0. The van der Waals surface area contributed by atoms with Crippen molar-refractivity contribution in [2.45, 2.75) is 99.8 Å². The Morgan fingerprint density at radius 1 is 0.522 bits per heavy atom. The second-order valence-corrected chi connectivity index (χ2v) is 27.5. The molecule has 6 atom stereocenters. The molecular formula is C86H82N4. The molecule has 0 amide bonds. The zero-order valence-electron chi connectivity index (χ0n) is 53.9. The second-order valence-electron chi connectivity index (χ2n) is 27.5. The van der Waals surface area contributed by atoms with E-state index in [0.717, 1.165) is 65.5 Å². The molecule has 0 aromatic heterocycles. The molecule has 0 heterocycles. The van der Waals surface area contributed by atoms with Gasteiger partial charge in [0, 0.05) is 87.0 Å². The first-order valence-corrected chi connectivity index (χ1v) is 32.8. The maximum absolute atomic E-state index is 4.25. The Morgan fingerprint density at radius 2 is 1.04 bits per heavy atom. The van der Waals surface area contributed by atoms with Gasteiger partial charge < -0.3 is 19.6 Å². The van der Waals surface area contributed by atoms with E-state index in [-0.39, 0.29) is 5.41 Å². The Balaban J connectivity index is 1.03. The highest BCUT2D eigenvalue weighted by atomic mass is 15.2. The van der Waals surface area contributed by atoms with Crippen molar-refractivity contribution in [2.75, 3.05) is 19.6 Å². The summed E-state index contributed by atoms with van der Waals surface area (Å²) in [5, 5.41) is 0. The van der Waals surface area contributed by atoms with E-state index >= 15 is 0 Å². The number of nitrogens with zero attached hydrogens (tertiary/aromatic N) is 4. The molecule has 8 aromatic rings. The molecule has 5 unspecified atom stereocenters. The molecule has 8 aromatic carbocycles. The van der Waals surface area contributed by atoms with Gasteiger partial charge in [-0.15, -0.1) is 6.58 Å². The molecule has 4 heteroatoms. The van der Waals surface area contributed by atoms with Crippen LogP contribution in [0.5, 0.6) is 0 Å². The number of allylic oxidation sites excluding steroid dienone is 15. The summed E-state index contributed by atoms with van der Waals surface area (Å²) in [5.41, 5.74) is 31.9. The van der Waals surface area contributed by atoms with E-state index in [1.54, 1.807) is 0 Å². The van der Waals surface area contributed by atoms with Crippen LogP contribution >= 0.6 is 0 Å². The van der Waals surface area contributed by atoms with Crippen LogP contribution < -0.4 is 19.6 Å². The van der Waals surface area contributed by atoms with Gasteiger partial charge in [0.05, 0.1) is 5.41 Å². The monoisotopic (exact) mass is 1170 g/mol. The first-order chi connectivity index (χ1) is 43.6. The average molecular weight is 1170 g/mol. The number of hydrogen-bond donors (Lipinski definition) is 0. The van der Waals surface area contributed by atoms with Crippen LogP contribution in [0.4, 0.5) is 45.5 Å². The number of hydrogen-bond acceptors (Lipinski definition) is 4. The third-order valence-electron chi connectivity index (χ3n) is 20.6. The number of aryl methyl sites for hydroxylation is 5. The summed E-state index contributed by atoms with van der Waals surface area (Å²) in [5.74, 6) is 1.91. The van der Waals surface area contributed by atoms with Crippen LogP contribution in [0, 0.1) is 63.7 Å². The fourth-order valence-electron chi connectivity index (χ4n) is 15.7. The van der Waals surface area contributed by atoms with Crippen LogP contribution in [0.25, 0.3) is 16.7 Å². The molecule has 7 aliphatic rings. The Hall–Kier alpha value is -9.38. The largest absolute Gasteiger partial charge is 0.317 e. The first-order valence-electron chi connectivity index (χ1n) is 32.8. The van der Waals surface area contributed by atoms with E-state index in [0.29, 0.717) is 23.7 Å². The van der Waals surface area contributed by atoms with Gasteiger partial charge in [-0.05, 0) is 279 Å².